The summed E-state index contributed by atoms with van der Waals surface area (Å²) in [6.45, 7) is 6.78. The standard InChI is InChI=1S/C11H15N.C6H13NO/c1-10-6-2-3-7-11(10)12-8-4-5-9-12;1-7-4-2-6(8)3-5-7/h2-3,6-7H,4-5,8-9H2,1H3;6,8H,2-5H2,1H3. The molecule has 3 heteroatoms. The lowest BCUT2D eigenvalue weighted by molar-refractivity contribution is 0.0943. The lowest BCUT2D eigenvalue weighted by atomic mass is 10.1. The molecule has 0 atom stereocenters. The van der Waals surface area contributed by atoms with Crippen LogP contribution in [0.2, 0.25) is 0 Å². The summed E-state index contributed by atoms with van der Waals surface area (Å²) in [7, 11) is 2.09. The number of rotatable bonds is 1. The molecule has 2 aliphatic heterocycles. The fourth-order valence-electron chi connectivity index (χ4n) is 2.87. The monoisotopic (exact) mass is 276 g/mol. The van der Waals surface area contributed by atoms with E-state index in [-0.39, 0.29) is 6.10 Å². The first-order valence-corrected chi connectivity index (χ1v) is 7.84. The Morgan fingerprint density at radius 1 is 1.00 bits per heavy atom. The molecule has 0 aliphatic carbocycles. The number of piperidine rings is 1. The third-order valence-electron chi connectivity index (χ3n) is 4.25. The molecule has 0 bridgehead atoms. The molecule has 0 amide bonds. The second kappa shape index (κ2) is 7.65. The average molecular weight is 276 g/mol. The van der Waals surface area contributed by atoms with Crippen LogP contribution in [0.4, 0.5) is 5.69 Å². The maximum absolute atomic E-state index is 9.00. The maximum atomic E-state index is 9.00. The Morgan fingerprint density at radius 2 is 1.60 bits per heavy atom. The minimum absolute atomic E-state index is 0.0220. The molecule has 1 aromatic rings. The Bertz CT molecular complexity index is 384. The smallest absolute Gasteiger partial charge is 0.0564 e. The van der Waals surface area contributed by atoms with Crippen molar-refractivity contribution < 1.29 is 5.11 Å². The van der Waals surface area contributed by atoms with Gasteiger partial charge in [-0.25, -0.2) is 0 Å². The molecule has 20 heavy (non-hydrogen) atoms. The van der Waals surface area contributed by atoms with E-state index >= 15 is 0 Å². The summed E-state index contributed by atoms with van der Waals surface area (Å²) >= 11 is 0. The Hall–Kier alpha value is -1.06. The molecule has 2 saturated heterocycles. The first-order valence-electron chi connectivity index (χ1n) is 7.84. The quantitative estimate of drug-likeness (QED) is 0.854. The Morgan fingerprint density at radius 3 is 2.15 bits per heavy atom. The molecule has 1 N–H and O–H groups in total. The van der Waals surface area contributed by atoms with E-state index in [1.165, 1.54) is 37.2 Å². The van der Waals surface area contributed by atoms with Gasteiger partial charge >= 0.3 is 0 Å². The van der Waals surface area contributed by atoms with Crippen molar-refractivity contribution in [2.24, 2.45) is 0 Å². The number of nitrogens with zero attached hydrogens (tertiary/aromatic N) is 2. The van der Waals surface area contributed by atoms with Gasteiger partial charge in [0.05, 0.1) is 6.10 Å². The molecule has 2 heterocycles. The van der Waals surface area contributed by atoms with Crippen molar-refractivity contribution in [3.63, 3.8) is 0 Å². The van der Waals surface area contributed by atoms with Crippen LogP contribution in [-0.4, -0.2) is 49.3 Å². The van der Waals surface area contributed by atoms with Crippen LogP contribution >= 0.6 is 0 Å². The second-order valence-corrected chi connectivity index (χ2v) is 6.02. The molecule has 0 saturated carbocycles. The van der Waals surface area contributed by atoms with Crippen molar-refractivity contribution in [1.82, 2.24) is 4.90 Å². The van der Waals surface area contributed by atoms with Gasteiger partial charge in [-0.1, -0.05) is 18.2 Å². The van der Waals surface area contributed by atoms with Crippen LogP contribution in [0.15, 0.2) is 24.3 Å². The van der Waals surface area contributed by atoms with Crippen molar-refractivity contribution >= 4 is 5.69 Å². The second-order valence-electron chi connectivity index (χ2n) is 6.02. The van der Waals surface area contributed by atoms with Gasteiger partial charge in [-0.3, -0.25) is 0 Å². The predicted molar refractivity (Wildman–Crippen MR) is 85.4 cm³/mol. The van der Waals surface area contributed by atoms with Gasteiger partial charge in [0, 0.05) is 31.9 Å². The van der Waals surface area contributed by atoms with E-state index in [0.29, 0.717) is 0 Å². The number of aliphatic hydroxyl groups is 1. The predicted octanol–water partition coefficient (Wildman–Crippen LogP) is 2.67. The zero-order valence-electron chi connectivity index (χ0n) is 12.9. The van der Waals surface area contributed by atoms with Gasteiger partial charge in [0.1, 0.15) is 0 Å². The van der Waals surface area contributed by atoms with Crippen LogP contribution < -0.4 is 4.90 Å². The summed E-state index contributed by atoms with van der Waals surface area (Å²) in [5, 5.41) is 9.00. The number of aryl methyl sites for hydroxylation is 1. The number of likely N-dealkylation sites (tertiary alicyclic amines) is 1. The van der Waals surface area contributed by atoms with E-state index in [4.69, 9.17) is 5.11 Å². The topological polar surface area (TPSA) is 26.7 Å². The van der Waals surface area contributed by atoms with Gasteiger partial charge in [-0.15, -0.1) is 0 Å². The molecule has 0 radical (unpaired) electrons. The fraction of sp³-hybridized carbons (Fsp3) is 0.647. The number of para-hydroxylation sites is 1. The van der Waals surface area contributed by atoms with Gasteiger partial charge < -0.3 is 14.9 Å². The minimum atomic E-state index is -0.0220. The summed E-state index contributed by atoms with van der Waals surface area (Å²) in [5.41, 5.74) is 2.83. The van der Waals surface area contributed by atoms with Crippen LogP contribution in [0.3, 0.4) is 0 Å². The molecule has 2 aliphatic rings. The average Bonchev–Trinajstić information content (AvgIpc) is 2.97. The minimum Gasteiger partial charge on any atom is -0.393 e. The van der Waals surface area contributed by atoms with Gasteiger partial charge in [0.25, 0.3) is 0 Å². The summed E-state index contributed by atoms with van der Waals surface area (Å²) in [6, 6.07) is 8.64. The first kappa shape index (κ1) is 15.3. The molecule has 1 aromatic carbocycles. The first-order chi connectivity index (χ1) is 9.66. The molecular formula is C17H28N2O. The lowest BCUT2D eigenvalue weighted by Crippen LogP contribution is -2.32. The molecular weight excluding hydrogens is 248 g/mol. The van der Waals surface area contributed by atoms with Gasteiger partial charge in [-0.2, -0.15) is 0 Å². The van der Waals surface area contributed by atoms with Gasteiger partial charge in [-0.05, 0) is 51.3 Å². The number of benzene rings is 1. The highest BCUT2D eigenvalue weighted by Gasteiger charge is 2.13. The highest BCUT2D eigenvalue weighted by atomic mass is 16.3. The number of hydrogen-bond acceptors (Lipinski definition) is 3. The van der Waals surface area contributed by atoms with Crippen molar-refractivity contribution in [3.05, 3.63) is 29.8 Å². The Balaban J connectivity index is 0.000000160. The van der Waals surface area contributed by atoms with E-state index < -0.39 is 0 Å². The van der Waals surface area contributed by atoms with E-state index in [0.717, 1.165) is 25.9 Å². The van der Waals surface area contributed by atoms with Crippen LogP contribution in [0.1, 0.15) is 31.2 Å². The van der Waals surface area contributed by atoms with Gasteiger partial charge in [0.15, 0.2) is 0 Å². The molecule has 0 spiro atoms. The van der Waals surface area contributed by atoms with E-state index in [9.17, 15) is 0 Å². The van der Waals surface area contributed by atoms with Crippen molar-refractivity contribution in [2.45, 2.75) is 38.7 Å². The summed E-state index contributed by atoms with van der Waals surface area (Å²) in [4.78, 5) is 4.72. The molecule has 3 nitrogen and oxygen atoms in total. The molecule has 3 rings (SSSR count). The summed E-state index contributed by atoms with van der Waals surface area (Å²) in [6.07, 6.45) is 4.60. The zero-order valence-corrected chi connectivity index (χ0v) is 12.9. The molecule has 112 valence electrons. The maximum Gasteiger partial charge on any atom is 0.0564 e. The fourth-order valence-corrected chi connectivity index (χ4v) is 2.87. The van der Waals surface area contributed by atoms with Crippen LogP contribution in [0.5, 0.6) is 0 Å². The summed E-state index contributed by atoms with van der Waals surface area (Å²) < 4.78 is 0. The van der Waals surface area contributed by atoms with Crippen LogP contribution in [-0.2, 0) is 0 Å². The molecule has 0 unspecified atom stereocenters. The van der Waals surface area contributed by atoms with E-state index in [2.05, 4.69) is 48.0 Å². The van der Waals surface area contributed by atoms with E-state index in [1.54, 1.807) is 0 Å². The zero-order chi connectivity index (χ0) is 14.4. The summed E-state index contributed by atoms with van der Waals surface area (Å²) in [5.74, 6) is 0. The van der Waals surface area contributed by atoms with Crippen molar-refractivity contribution in [1.29, 1.82) is 0 Å². The highest BCUT2D eigenvalue weighted by molar-refractivity contribution is 5.53. The van der Waals surface area contributed by atoms with Gasteiger partial charge in [0.2, 0.25) is 0 Å². The van der Waals surface area contributed by atoms with Crippen molar-refractivity contribution in [2.75, 3.05) is 38.1 Å². The normalized spacial score (nSPS) is 20.6. The third kappa shape index (κ3) is 4.50. The van der Waals surface area contributed by atoms with Crippen LogP contribution in [0, 0.1) is 6.92 Å². The Labute approximate surface area is 123 Å². The number of aliphatic hydroxyl groups excluding tert-OH is 1. The molecule has 0 aromatic heterocycles. The lowest BCUT2D eigenvalue weighted by Gasteiger charge is -2.25. The van der Waals surface area contributed by atoms with Crippen LogP contribution in [0.25, 0.3) is 0 Å². The SMILES string of the molecule is CN1CCC(O)CC1.Cc1ccccc1N1CCCC1. The Kier molecular flexibility index (Phi) is 5.86. The highest BCUT2D eigenvalue weighted by Crippen LogP contribution is 2.23. The third-order valence-corrected chi connectivity index (χ3v) is 4.25. The largest absolute Gasteiger partial charge is 0.393 e. The van der Waals surface area contributed by atoms with E-state index in [1.807, 2.05) is 0 Å². The number of hydrogen-bond donors (Lipinski definition) is 1. The number of anilines is 1. The van der Waals surface area contributed by atoms with Crippen molar-refractivity contribution in [3.8, 4) is 0 Å². The molecule has 2 fully saturated rings.